The number of nitrogens with zero attached hydrogens (tertiary/aromatic N) is 1. The van der Waals surface area contributed by atoms with Crippen molar-refractivity contribution in [3.05, 3.63) is 85.1 Å². The third-order valence-electron chi connectivity index (χ3n) is 10.6. The van der Waals surface area contributed by atoms with E-state index in [-0.39, 0.29) is 19.1 Å². The summed E-state index contributed by atoms with van der Waals surface area (Å²) in [4.78, 5) is 25.4. The molecule has 1 amide bonds. The van der Waals surface area contributed by atoms with Crippen LogP contribution < -0.4 is 10.2 Å². The van der Waals surface area contributed by atoms with E-state index in [1.807, 2.05) is 27.2 Å². The second kappa shape index (κ2) is 43.9. The topological polar surface area (TPSA) is 108 Å². The van der Waals surface area contributed by atoms with Crippen molar-refractivity contribution in [1.82, 2.24) is 5.32 Å². The minimum absolute atomic E-state index is 0.00690. The van der Waals surface area contributed by atoms with Crippen LogP contribution in [0.25, 0.3) is 0 Å². The Balaban J connectivity index is 4.29. The number of rotatable bonds is 44. The Morgan fingerprint density at radius 1 is 0.581 bits per heavy atom. The van der Waals surface area contributed by atoms with Gasteiger partial charge in [-0.05, 0) is 70.6 Å². The second-order valence-electron chi connectivity index (χ2n) is 17.8. The number of unbranched alkanes of at least 4 members (excludes halogenated alkanes) is 19. The maximum Gasteiger partial charge on any atom is 0.268 e. The molecule has 0 aromatic rings. The van der Waals surface area contributed by atoms with Crippen LogP contribution in [-0.4, -0.2) is 68.5 Å². The van der Waals surface area contributed by atoms with Crippen molar-refractivity contribution in [3.63, 3.8) is 0 Å². The Kier molecular flexibility index (Phi) is 42.3. The monoisotopic (exact) mass is 887 g/mol. The quantitative estimate of drug-likeness (QED) is 0.0273. The molecule has 3 atom stereocenters. The molecule has 0 fully saturated rings. The number of quaternary nitrogens is 1. The maximum atomic E-state index is 12.9. The third-order valence-corrected chi connectivity index (χ3v) is 11.6. The Bertz CT molecular complexity index is 1280. The second-order valence-corrected chi connectivity index (χ2v) is 19.2. The molecule has 0 rings (SSSR count). The summed E-state index contributed by atoms with van der Waals surface area (Å²) in [6.45, 7) is 4.51. The van der Waals surface area contributed by atoms with Crippen molar-refractivity contribution in [3.8, 4) is 0 Å². The number of hydrogen-bond acceptors (Lipinski definition) is 6. The highest BCUT2D eigenvalue weighted by Crippen LogP contribution is 2.38. The fourth-order valence-corrected chi connectivity index (χ4v) is 7.41. The predicted octanol–water partition coefficient (Wildman–Crippen LogP) is 13.9. The van der Waals surface area contributed by atoms with Gasteiger partial charge in [-0.1, -0.05) is 202 Å². The van der Waals surface area contributed by atoms with Crippen molar-refractivity contribution in [2.45, 2.75) is 206 Å². The van der Waals surface area contributed by atoms with Crippen LogP contribution in [0.15, 0.2) is 85.1 Å². The minimum Gasteiger partial charge on any atom is -0.756 e. The molecule has 9 heteroatoms. The molecule has 0 aromatic heterocycles. The number of phosphoric ester groups is 1. The van der Waals surface area contributed by atoms with Crippen LogP contribution in [0.1, 0.15) is 194 Å². The molecule has 0 aromatic carbocycles. The maximum absolute atomic E-state index is 12.9. The molecule has 2 N–H and O–H groups in total. The summed E-state index contributed by atoms with van der Waals surface area (Å²) >= 11 is 0. The number of hydrogen-bond donors (Lipinski definition) is 2. The van der Waals surface area contributed by atoms with Gasteiger partial charge in [0.25, 0.3) is 7.82 Å². The predicted molar refractivity (Wildman–Crippen MR) is 265 cm³/mol. The van der Waals surface area contributed by atoms with Gasteiger partial charge in [0.15, 0.2) is 0 Å². The molecule has 0 bridgehead atoms. The van der Waals surface area contributed by atoms with Gasteiger partial charge in [-0.3, -0.25) is 9.36 Å². The normalized spacial score (nSPS) is 14.9. The van der Waals surface area contributed by atoms with Crippen molar-refractivity contribution in [2.24, 2.45) is 0 Å². The first kappa shape index (κ1) is 59.7. The smallest absolute Gasteiger partial charge is 0.268 e. The lowest BCUT2D eigenvalue weighted by molar-refractivity contribution is -0.870. The molecule has 0 saturated heterocycles. The van der Waals surface area contributed by atoms with Crippen LogP contribution in [0.4, 0.5) is 0 Å². The molecule has 358 valence electrons. The van der Waals surface area contributed by atoms with Crippen LogP contribution in [0.3, 0.4) is 0 Å². The lowest BCUT2D eigenvalue weighted by Gasteiger charge is -2.29. The molecular weight excluding hydrogens is 792 g/mol. The first-order valence-corrected chi connectivity index (χ1v) is 26.4. The summed E-state index contributed by atoms with van der Waals surface area (Å²) in [5.41, 5.74) is 0. The molecule has 0 heterocycles. The van der Waals surface area contributed by atoms with Gasteiger partial charge in [-0.2, -0.15) is 0 Å². The van der Waals surface area contributed by atoms with E-state index in [1.54, 1.807) is 6.08 Å². The van der Waals surface area contributed by atoms with E-state index in [2.05, 4.69) is 92.1 Å². The van der Waals surface area contributed by atoms with Crippen LogP contribution >= 0.6 is 7.82 Å². The number of carbonyl (C=O) groups excluding carboxylic acids is 1. The molecular formula is C53H95N2O6P. The van der Waals surface area contributed by atoms with Crippen molar-refractivity contribution >= 4 is 13.7 Å². The molecule has 8 nitrogen and oxygen atoms in total. The van der Waals surface area contributed by atoms with Crippen molar-refractivity contribution < 1.29 is 32.9 Å². The average molecular weight is 887 g/mol. The summed E-state index contributed by atoms with van der Waals surface area (Å²) in [6.07, 6.45) is 60.6. The van der Waals surface area contributed by atoms with E-state index < -0.39 is 20.0 Å². The molecule has 62 heavy (non-hydrogen) atoms. The minimum atomic E-state index is -4.60. The third kappa shape index (κ3) is 45.7. The number of amides is 1. The molecule has 0 spiro atoms. The highest BCUT2D eigenvalue weighted by atomic mass is 31.2. The van der Waals surface area contributed by atoms with Gasteiger partial charge < -0.3 is 28.8 Å². The number of phosphoric acid groups is 1. The summed E-state index contributed by atoms with van der Waals surface area (Å²) in [6, 6.07) is -0.895. The molecule has 0 aliphatic heterocycles. The molecule has 0 aliphatic carbocycles. The fraction of sp³-hybridized carbons (Fsp3) is 0.717. The summed E-state index contributed by atoms with van der Waals surface area (Å²) in [5, 5.41) is 13.8. The lowest BCUT2D eigenvalue weighted by atomic mass is 10.0. The zero-order valence-corrected chi connectivity index (χ0v) is 41.4. The standard InChI is InChI=1S/C53H95N2O6P/c1-6-8-10-12-14-16-18-20-21-22-23-24-25-26-27-28-29-30-31-32-33-35-37-39-41-43-45-47-53(57)54-51(50-61-62(58,59)60-49-48-55(3,4)5)52(56)46-44-42-40-38-36-34-19-17-15-13-11-9-7-2/h8,10,14,16,20-21,23-24,26-27,29-30,44,46,51-52,56H,6-7,9,11-13,15,17-19,22,25,28,31-43,45,47-50H2,1-5H3,(H-,54,57,58,59)/b10-8-,16-14-,21-20-,24-23-,27-26-,30-29-,46-44+. The van der Waals surface area contributed by atoms with Gasteiger partial charge in [0.05, 0.1) is 39.9 Å². The van der Waals surface area contributed by atoms with Crippen LogP contribution in [0.2, 0.25) is 0 Å². The number of nitrogens with one attached hydrogen (secondary N) is 1. The highest BCUT2D eigenvalue weighted by Gasteiger charge is 2.23. The van der Waals surface area contributed by atoms with Gasteiger partial charge in [-0.25, -0.2) is 0 Å². The Labute approximate surface area is 382 Å². The molecule has 3 unspecified atom stereocenters. The fourth-order valence-electron chi connectivity index (χ4n) is 6.68. The number of carbonyl (C=O) groups is 1. The van der Waals surface area contributed by atoms with Gasteiger partial charge in [0.2, 0.25) is 5.91 Å². The van der Waals surface area contributed by atoms with E-state index in [0.717, 1.165) is 89.9 Å². The zero-order valence-electron chi connectivity index (χ0n) is 40.5. The van der Waals surface area contributed by atoms with Crippen LogP contribution in [-0.2, 0) is 18.4 Å². The van der Waals surface area contributed by atoms with Crippen LogP contribution in [0.5, 0.6) is 0 Å². The van der Waals surface area contributed by atoms with Gasteiger partial charge >= 0.3 is 0 Å². The van der Waals surface area contributed by atoms with E-state index in [1.165, 1.54) is 83.5 Å². The first-order chi connectivity index (χ1) is 30.0. The number of allylic oxidation sites excluding steroid dienone is 13. The lowest BCUT2D eigenvalue weighted by Crippen LogP contribution is -2.45. The molecule has 0 radical (unpaired) electrons. The van der Waals surface area contributed by atoms with E-state index >= 15 is 0 Å². The van der Waals surface area contributed by atoms with Crippen molar-refractivity contribution in [1.29, 1.82) is 0 Å². The number of aliphatic hydroxyl groups is 1. The molecule has 0 aliphatic rings. The van der Waals surface area contributed by atoms with Gasteiger partial charge in [0.1, 0.15) is 13.2 Å². The number of likely N-dealkylation sites (N-methyl/N-ethyl adjacent to an activating group) is 1. The Hall–Kier alpha value is -2.32. The summed E-state index contributed by atoms with van der Waals surface area (Å²) in [5.74, 6) is -0.211. The van der Waals surface area contributed by atoms with Crippen molar-refractivity contribution in [2.75, 3.05) is 40.9 Å². The van der Waals surface area contributed by atoms with Crippen LogP contribution in [0, 0.1) is 0 Å². The molecule has 0 saturated carbocycles. The summed E-state index contributed by atoms with van der Waals surface area (Å²) in [7, 11) is 1.24. The first-order valence-electron chi connectivity index (χ1n) is 24.9. The largest absolute Gasteiger partial charge is 0.756 e. The van der Waals surface area contributed by atoms with E-state index in [9.17, 15) is 19.4 Å². The average Bonchev–Trinajstić information content (AvgIpc) is 3.23. The van der Waals surface area contributed by atoms with Gasteiger partial charge in [-0.15, -0.1) is 0 Å². The van der Waals surface area contributed by atoms with Gasteiger partial charge in [0, 0.05) is 6.42 Å². The van der Waals surface area contributed by atoms with E-state index in [4.69, 9.17) is 9.05 Å². The zero-order chi connectivity index (χ0) is 45.7. The van der Waals surface area contributed by atoms with E-state index in [0.29, 0.717) is 17.4 Å². The SMILES string of the molecule is CC/C=C\C/C=C\C/C=C\C/C=C\C/C=C\C/C=C\CCCCCCCCCCC(=O)NC(COP(=O)([O-])OCC[N+](C)(C)C)C(O)/C=C/CCCCCCCCCCCCC. The summed E-state index contributed by atoms with van der Waals surface area (Å²) < 4.78 is 23.2. The number of aliphatic hydroxyl groups excluding tert-OH is 1. The highest BCUT2D eigenvalue weighted by molar-refractivity contribution is 7.45. The Morgan fingerprint density at radius 2 is 0.984 bits per heavy atom. The Morgan fingerprint density at radius 3 is 1.44 bits per heavy atom.